The van der Waals surface area contributed by atoms with Crippen LogP contribution < -0.4 is 10.6 Å². The molecular weight excluding hydrogens is 370 g/mol. The van der Waals surface area contributed by atoms with Gasteiger partial charge < -0.3 is 20.3 Å². The maximum Gasteiger partial charge on any atom is 0.339 e. The van der Waals surface area contributed by atoms with Crippen molar-refractivity contribution in [3.05, 3.63) is 65.7 Å². The largest absolute Gasteiger partial charge is 0.465 e. The Morgan fingerprint density at radius 2 is 1.66 bits per heavy atom. The van der Waals surface area contributed by atoms with Crippen molar-refractivity contribution in [1.29, 1.82) is 0 Å². The van der Waals surface area contributed by atoms with Crippen molar-refractivity contribution in [2.45, 2.75) is 19.4 Å². The SMILES string of the molecule is COC(=O)c1ccccc1NC(=O)N1CCC(C(=O)NCc2ccccc2)CC1. The first-order valence-corrected chi connectivity index (χ1v) is 9.63. The Hall–Kier alpha value is -3.35. The van der Waals surface area contributed by atoms with Gasteiger partial charge in [0.2, 0.25) is 5.91 Å². The molecule has 0 spiro atoms. The standard InChI is InChI=1S/C22H25N3O4/c1-29-21(27)18-9-5-6-10-19(18)24-22(28)25-13-11-17(12-14-25)20(26)23-15-16-7-3-2-4-8-16/h2-10,17H,11-15H2,1H3,(H,23,26)(H,24,28). The number of carbonyl (C=O) groups is 3. The van der Waals surface area contributed by atoms with Gasteiger partial charge in [-0.25, -0.2) is 9.59 Å². The molecule has 0 unspecified atom stereocenters. The fourth-order valence-corrected chi connectivity index (χ4v) is 3.35. The van der Waals surface area contributed by atoms with E-state index in [2.05, 4.69) is 10.6 Å². The van der Waals surface area contributed by atoms with Gasteiger partial charge in [-0.15, -0.1) is 0 Å². The van der Waals surface area contributed by atoms with Crippen LogP contribution in [0.3, 0.4) is 0 Å². The summed E-state index contributed by atoms with van der Waals surface area (Å²) in [5.41, 5.74) is 1.77. The van der Waals surface area contributed by atoms with E-state index in [0.29, 0.717) is 43.7 Å². The van der Waals surface area contributed by atoms with Gasteiger partial charge in [0.1, 0.15) is 0 Å². The lowest BCUT2D eigenvalue weighted by Crippen LogP contribution is -2.44. The third kappa shape index (κ3) is 5.34. The number of amides is 3. The minimum atomic E-state index is -0.505. The number of urea groups is 1. The molecule has 29 heavy (non-hydrogen) atoms. The second-order valence-corrected chi connectivity index (χ2v) is 6.93. The lowest BCUT2D eigenvalue weighted by atomic mass is 9.96. The summed E-state index contributed by atoms with van der Waals surface area (Å²) in [5.74, 6) is -0.593. The fourth-order valence-electron chi connectivity index (χ4n) is 3.35. The van der Waals surface area contributed by atoms with Crippen LogP contribution in [0.5, 0.6) is 0 Å². The molecule has 0 aromatic heterocycles. The summed E-state index contributed by atoms with van der Waals surface area (Å²) in [6.45, 7) is 1.47. The predicted molar refractivity (Wildman–Crippen MR) is 109 cm³/mol. The molecule has 3 amide bonds. The molecule has 2 aromatic carbocycles. The fraction of sp³-hybridized carbons (Fsp3) is 0.318. The van der Waals surface area contributed by atoms with E-state index in [1.165, 1.54) is 7.11 Å². The number of carbonyl (C=O) groups excluding carboxylic acids is 3. The molecule has 0 saturated carbocycles. The van der Waals surface area contributed by atoms with Gasteiger partial charge in [-0.1, -0.05) is 42.5 Å². The number of nitrogens with zero attached hydrogens (tertiary/aromatic N) is 1. The average Bonchev–Trinajstić information content (AvgIpc) is 2.78. The van der Waals surface area contributed by atoms with Crippen LogP contribution in [-0.2, 0) is 16.1 Å². The molecule has 0 radical (unpaired) electrons. The summed E-state index contributed by atoms with van der Waals surface area (Å²) >= 11 is 0. The Labute approximate surface area is 170 Å². The van der Waals surface area contributed by atoms with E-state index in [-0.39, 0.29) is 17.9 Å². The number of anilines is 1. The highest BCUT2D eigenvalue weighted by Crippen LogP contribution is 2.21. The predicted octanol–water partition coefficient (Wildman–Crippen LogP) is 3.03. The van der Waals surface area contributed by atoms with Gasteiger partial charge in [-0.2, -0.15) is 0 Å². The number of hydrogen-bond acceptors (Lipinski definition) is 4. The number of hydrogen-bond donors (Lipinski definition) is 2. The minimum Gasteiger partial charge on any atom is -0.465 e. The van der Waals surface area contributed by atoms with Crippen molar-refractivity contribution in [3.8, 4) is 0 Å². The van der Waals surface area contributed by atoms with Crippen molar-refractivity contribution in [1.82, 2.24) is 10.2 Å². The minimum absolute atomic E-state index is 0.0185. The first-order chi connectivity index (χ1) is 14.1. The van der Waals surface area contributed by atoms with Crippen LogP contribution >= 0.6 is 0 Å². The van der Waals surface area contributed by atoms with Gasteiger partial charge in [0, 0.05) is 25.6 Å². The third-order valence-electron chi connectivity index (χ3n) is 5.04. The number of ether oxygens (including phenoxy) is 1. The van der Waals surface area contributed by atoms with Crippen LogP contribution in [0.1, 0.15) is 28.8 Å². The van der Waals surface area contributed by atoms with Crippen LogP contribution in [-0.4, -0.2) is 43.0 Å². The number of esters is 1. The van der Waals surface area contributed by atoms with Gasteiger partial charge >= 0.3 is 12.0 Å². The smallest absolute Gasteiger partial charge is 0.339 e. The molecule has 1 saturated heterocycles. The van der Waals surface area contributed by atoms with E-state index in [9.17, 15) is 14.4 Å². The van der Waals surface area contributed by atoms with E-state index < -0.39 is 5.97 Å². The van der Waals surface area contributed by atoms with Crippen molar-refractivity contribution in [3.63, 3.8) is 0 Å². The Bertz CT molecular complexity index is 861. The summed E-state index contributed by atoms with van der Waals surface area (Å²) in [6, 6.07) is 16.2. The monoisotopic (exact) mass is 395 g/mol. The van der Waals surface area contributed by atoms with Gasteiger partial charge in [0.25, 0.3) is 0 Å². The number of benzene rings is 2. The van der Waals surface area contributed by atoms with Gasteiger partial charge in [-0.3, -0.25) is 4.79 Å². The number of para-hydroxylation sites is 1. The van der Waals surface area contributed by atoms with Crippen LogP contribution in [0.25, 0.3) is 0 Å². The molecular formula is C22H25N3O4. The molecule has 7 nitrogen and oxygen atoms in total. The molecule has 2 aromatic rings. The van der Waals surface area contributed by atoms with Crippen molar-refractivity contribution in [2.24, 2.45) is 5.92 Å². The van der Waals surface area contributed by atoms with E-state index in [1.54, 1.807) is 29.2 Å². The Balaban J connectivity index is 1.50. The van der Waals surface area contributed by atoms with Crippen molar-refractivity contribution < 1.29 is 19.1 Å². The first kappa shape index (κ1) is 20.4. The van der Waals surface area contributed by atoms with Crippen LogP contribution in [0, 0.1) is 5.92 Å². The van der Waals surface area contributed by atoms with Crippen LogP contribution in [0.4, 0.5) is 10.5 Å². The first-order valence-electron chi connectivity index (χ1n) is 9.63. The Morgan fingerprint density at radius 3 is 2.34 bits per heavy atom. The lowest BCUT2D eigenvalue weighted by molar-refractivity contribution is -0.126. The average molecular weight is 395 g/mol. The number of nitrogens with one attached hydrogen (secondary N) is 2. The molecule has 2 N–H and O–H groups in total. The summed E-state index contributed by atoms with van der Waals surface area (Å²) in [6.07, 6.45) is 1.21. The Kier molecular flexibility index (Phi) is 6.84. The molecule has 0 bridgehead atoms. The molecule has 1 heterocycles. The maximum atomic E-state index is 12.6. The summed E-state index contributed by atoms with van der Waals surface area (Å²) < 4.78 is 4.75. The van der Waals surface area contributed by atoms with E-state index >= 15 is 0 Å². The molecule has 0 aliphatic carbocycles. The number of piperidine rings is 1. The van der Waals surface area contributed by atoms with Crippen molar-refractivity contribution in [2.75, 3.05) is 25.5 Å². The molecule has 1 aliphatic rings. The van der Waals surface area contributed by atoms with Gasteiger partial charge in [-0.05, 0) is 30.5 Å². The van der Waals surface area contributed by atoms with E-state index in [4.69, 9.17) is 4.74 Å². The van der Waals surface area contributed by atoms with Crippen molar-refractivity contribution >= 4 is 23.6 Å². The summed E-state index contributed by atoms with van der Waals surface area (Å²) in [5, 5.41) is 5.74. The topological polar surface area (TPSA) is 87.7 Å². The number of rotatable bonds is 5. The molecule has 1 fully saturated rings. The van der Waals surface area contributed by atoms with Gasteiger partial charge in [0.05, 0.1) is 18.4 Å². The van der Waals surface area contributed by atoms with Crippen LogP contribution in [0.15, 0.2) is 54.6 Å². The summed E-state index contributed by atoms with van der Waals surface area (Å²) in [4.78, 5) is 38.5. The molecule has 152 valence electrons. The second-order valence-electron chi connectivity index (χ2n) is 6.93. The van der Waals surface area contributed by atoms with Crippen LogP contribution in [0.2, 0.25) is 0 Å². The van der Waals surface area contributed by atoms with E-state index in [1.807, 2.05) is 30.3 Å². The maximum absolute atomic E-state index is 12.6. The zero-order chi connectivity index (χ0) is 20.6. The van der Waals surface area contributed by atoms with Gasteiger partial charge in [0.15, 0.2) is 0 Å². The molecule has 7 heteroatoms. The number of likely N-dealkylation sites (tertiary alicyclic amines) is 1. The summed E-state index contributed by atoms with van der Waals surface area (Å²) in [7, 11) is 1.30. The Morgan fingerprint density at radius 1 is 1.00 bits per heavy atom. The highest BCUT2D eigenvalue weighted by Gasteiger charge is 2.27. The molecule has 1 aliphatic heterocycles. The second kappa shape index (κ2) is 9.73. The third-order valence-corrected chi connectivity index (χ3v) is 5.04. The quantitative estimate of drug-likeness (QED) is 0.762. The highest BCUT2D eigenvalue weighted by molar-refractivity contribution is 6.00. The zero-order valence-electron chi connectivity index (χ0n) is 16.4. The normalized spacial score (nSPS) is 14.2. The lowest BCUT2D eigenvalue weighted by Gasteiger charge is -2.31. The molecule has 3 rings (SSSR count). The van der Waals surface area contributed by atoms with E-state index in [0.717, 1.165) is 5.56 Å². The zero-order valence-corrected chi connectivity index (χ0v) is 16.4. The highest BCUT2D eigenvalue weighted by atomic mass is 16.5. The number of methoxy groups -OCH3 is 1. The molecule has 0 atom stereocenters.